The summed E-state index contributed by atoms with van der Waals surface area (Å²) in [5.41, 5.74) is 0.940. The van der Waals surface area contributed by atoms with Gasteiger partial charge in [-0.25, -0.2) is 13.6 Å². The number of rotatable bonds is 6. The number of benzene rings is 1. The Bertz CT molecular complexity index is 981. The first kappa shape index (κ1) is 18.6. The molecule has 0 fully saturated rings. The van der Waals surface area contributed by atoms with E-state index >= 15 is 0 Å². The largest absolute Gasteiger partial charge is 0.485 e. The van der Waals surface area contributed by atoms with Crippen molar-refractivity contribution < 1.29 is 27.8 Å². The number of aryl methyl sites for hydroxylation is 1. The van der Waals surface area contributed by atoms with Crippen LogP contribution < -0.4 is 9.47 Å². The van der Waals surface area contributed by atoms with Crippen molar-refractivity contribution in [3.63, 3.8) is 0 Å². The van der Waals surface area contributed by atoms with Crippen LogP contribution in [-0.4, -0.2) is 29.1 Å². The Labute approximate surface area is 154 Å². The van der Waals surface area contributed by atoms with Crippen LogP contribution in [0.25, 0.3) is 5.65 Å². The van der Waals surface area contributed by atoms with Gasteiger partial charge in [-0.15, -0.1) is 0 Å². The van der Waals surface area contributed by atoms with Gasteiger partial charge in [0.2, 0.25) is 5.88 Å². The summed E-state index contributed by atoms with van der Waals surface area (Å²) in [5, 5.41) is 0. The molecular weight excluding hydrogens is 358 g/mol. The van der Waals surface area contributed by atoms with E-state index in [2.05, 4.69) is 4.98 Å². The Kier molecular flexibility index (Phi) is 5.25. The van der Waals surface area contributed by atoms with Crippen molar-refractivity contribution in [2.75, 3.05) is 13.7 Å². The number of esters is 1. The molecular formula is C19H18F2N2O4. The van der Waals surface area contributed by atoms with E-state index in [1.807, 2.05) is 0 Å². The van der Waals surface area contributed by atoms with E-state index in [-0.39, 0.29) is 41.7 Å². The van der Waals surface area contributed by atoms with Gasteiger partial charge in [0.25, 0.3) is 0 Å². The van der Waals surface area contributed by atoms with Gasteiger partial charge >= 0.3 is 5.97 Å². The Morgan fingerprint density at radius 2 is 1.96 bits per heavy atom. The molecule has 0 aliphatic carbocycles. The van der Waals surface area contributed by atoms with Crippen molar-refractivity contribution >= 4 is 11.6 Å². The van der Waals surface area contributed by atoms with Crippen molar-refractivity contribution in [2.24, 2.45) is 0 Å². The predicted molar refractivity (Wildman–Crippen MR) is 93.1 cm³/mol. The molecule has 3 aromatic rings. The smallest absolute Gasteiger partial charge is 0.361 e. The molecule has 0 aliphatic rings. The number of halogens is 2. The zero-order valence-corrected chi connectivity index (χ0v) is 15.1. The maximum absolute atomic E-state index is 13.8. The lowest BCUT2D eigenvalue weighted by Crippen LogP contribution is -2.10. The summed E-state index contributed by atoms with van der Waals surface area (Å²) in [6, 6.07) is 5.26. The van der Waals surface area contributed by atoms with E-state index in [0.29, 0.717) is 0 Å². The number of aromatic nitrogens is 2. The topological polar surface area (TPSA) is 62.1 Å². The minimum atomic E-state index is -0.702. The quantitative estimate of drug-likeness (QED) is 0.614. The highest BCUT2D eigenvalue weighted by atomic mass is 19.1. The average Bonchev–Trinajstić information content (AvgIpc) is 3.00. The van der Waals surface area contributed by atoms with Crippen LogP contribution in [0.15, 0.2) is 30.5 Å². The number of nitrogens with zero attached hydrogens (tertiary/aromatic N) is 2. The molecule has 0 spiro atoms. The van der Waals surface area contributed by atoms with E-state index in [0.717, 1.165) is 17.7 Å². The molecule has 0 atom stereocenters. The number of fused-ring (bicyclic) bond motifs is 1. The predicted octanol–water partition coefficient (Wildman–Crippen LogP) is 3.69. The van der Waals surface area contributed by atoms with Gasteiger partial charge in [0.15, 0.2) is 17.1 Å². The van der Waals surface area contributed by atoms with Gasteiger partial charge in [0, 0.05) is 6.20 Å². The second kappa shape index (κ2) is 7.61. The number of methoxy groups -OCH3 is 1. The van der Waals surface area contributed by atoms with Gasteiger partial charge in [0.1, 0.15) is 18.2 Å². The lowest BCUT2D eigenvalue weighted by molar-refractivity contribution is 0.0514. The molecule has 0 saturated heterocycles. The minimum Gasteiger partial charge on any atom is -0.485 e. The fourth-order valence-electron chi connectivity index (χ4n) is 2.68. The number of carbonyl (C=O) groups excluding carboxylic acids is 1. The first-order valence-corrected chi connectivity index (χ1v) is 8.25. The second-order valence-corrected chi connectivity index (χ2v) is 5.75. The molecule has 0 aliphatic heterocycles. The second-order valence-electron chi connectivity index (χ2n) is 5.75. The molecule has 1 aromatic carbocycles. The van der Waals surface area contributed by atoms with Crippen molar-refractivity contribution in [1.29, 1.82) is 0 Å². The Morgan fingerprint density at radius 1 is 1.26 bits per heavy atom. The standard InChI is InChI=1S/C19H18F2N2O4/c1-4-26-19(24)16-18(25-3)22-17-15(8-11(2)9-23(16)17)27-10-12-13(20)6-5-7-14(12)21/h5-9H,4,10H2,1-3H3. The molecule has 0 radical (unpaired) electrons. The molecule has 2 heterocycles. The van der Waals surface area contributed by atoms with Gasteiger partial charge in [-0.2, -0.15) is 4.98 Å². The van der Waals surface area contributed by atoms with Crippen molar-refractivity contribution in [2.45, 2.75) is 20.5 Å². The highest BCUT2D eigenvalue weighted by molar-refractivity contribution is 5.92. The summed E-state index contributed by atoms with van der Waals surface area (Å²) in [6.45, 7) is 3.34. The third-order valence-corrected chi connectivity index (χ3v) is 3.89. The van der Waals surface area contributed by atoms with Crippen molar-refractivity contribution in [1.82, 2.24) is 9.38 Å². The molecule has 6 nitrogen and oxygen atoms in total. The van der Waals surface area contributed by atoms with E-state index in [1.165, 1.54) is 17.6 Å². The summed E-state index contributed by atoms with van der Waals surface area (Å²) >= 11 is 0. The van der Waals surface area contributed by atoms with Crippen molar-refractivity contribution in [3.05, 3.63) is 58.9 Å². The number of carbonyl (C=O) groups is 1. The number of imidazole rings is 1. The van der Waals surface area contributed by atoms with Crippen LogP contribution in [0.2, 0.25) is 0 Å². The number of hydrogen-bond donors (Lipinski definition) is 0. The summed E-state index contributed by atoms with van der Waals surface area (Å²) in [4.78, 5) is 16.5. The number of ether oxygens (including phenoxy) is 3. The van der Waals surface area contributed by atoms with Crippen LogP contribution in [0.3, 0.4) is 0 Å². The van der Waals surface area contributed by atoms with E-state index in [4.69, 9.17) is 14.2 Å². The molecule has 0 N–H and O–H groups in total. The van der Waals surface area contributed by atoms with E-state index in [9.17, 15) is 13.6 Å². The molecule has 0 amide bonds. The molecule has 2 aromatic heterocycles. The van der Waals surface area contributed by atoms with Crippen LogP contribution >= 0.6 is 0 Å². The van der Waals surface area contributed by atoms with Crippen LogP contribution in [-0.2, 0) is 11.3 Å². The molecule has 3 rings (SSSR count). The molecule has 27 heavy (non-hydrogen) atoms. The van der Waals surface area contributed by atoms with E-state index < -0.39 is 17.6 Å². The third-order valence-electron chi connectivity index (χ3n) is 3.89. The number of hydrogen-bond acceptors (Lipinski definition) is 5. The zero-order valence-electron chi connectivity index (χ0n) is 15.1. The zero-order chi connectivity index (χ0) is 19.6. The van der Waals surface area contributed by atoms with Gasteiger partial charge in [-0.1, -0.05) is 6.07 Å². The molecule has 0 bridgehead atoms. The number of pyridine rings is 1. The van der Waals surface area contributed by atoms with Gasteiger partial charge in [-0.3, -0.25) is 4.40 Å². The Balaban J connectivity index is 2.05. The molecule has 142 valence electrons. The maximum Gasteiger partial charge on any atom is 0.361 e. The van der Waals surface area contributed by atoms with Crippen LogP contribution in [0.4, 0.5) is 8.78 Å². The summed E-state index contributed by atoms with van der Waals surface area (Å²) in [6.07, 6.45) is 1.67. The maximum atomic E-state index is 13.8. The lowest BCUT2D eigenvalue weighted by Gasteiger charge is -2.10. The summed E-state index contributed by atoms with van der Waals surface area (Å²) in [5.74, 6) is -1.68. The molecule has 0 saturated carbocycles. The van der Waals surface area contributed by atoms with Crippen LogP contribution in [0.1, 0.15) is 28.5 Å². The van der Waals surface area contributed by atoms with E-state index in [1.54, 1.807) is 26.1 Å². The summed E-state index contributed by atoms with van der Waals surface area (Å²) in [7, 11) is 1.38. The Hall–Kier alpha value is -3.16. The van der Waals surface area contributed by atoms with Crippen LogP contribution in [0, 0.1) is 18.6 Å². The lowest BCUT2D eigenvalue weighted by atomic mass is 10.2. The Morgan fingerprint density at radius 3 is 2.59 bits per heavy atom. The van der Waals surface area contributed by atoms with Gasteiger partial charge in [-0.05, 0) is 37.6 Å². The minimum absolute atomic E-state index is 0.0703. The third kappa shape index (κ3) is 3.55. The SMILES string of the molecule is CCOC(=O)c1c(OC)nc2c(OCc3c(F)cccc3F)cc(C)cn12. The van der Waals surface area contributed by atoms with Gasteiger partial charge < -0.3 is 14.2 Å². The first-order chi connectivity index (χ1) is 13.0. The first-order valence-electron chi connectivity index (χ1n) is 8.25. The fraction of sp³-hybridized carbons (Fsp3) is 0.263. The summed E-state index contributed by atoms with van der Waals surface area (Å²) < 4.78 is 45.0. The van der Waals surface area contributed by atoms with Crippen LogP contribution in [0.5, 0.6) is 11.6 Å². The van der Waals surface area contributed by atoms with Gasteiger partial charge in [0.05, 0.1) is 19.3 Å². The van der Waals surface area contributed by atoms with Crippen molar-refractivity contribution in [3.8, 4) is 11.6 Å². The average molecular weight is 376 g/mol. The fourth-order valence-corrected chi connectivity index (χ4v) is 2.68. The highest BCUT2D eigenvalue weighted by Gasteiger charge is 2.24. The normalized spacial score (nSPS) is 10.9. The highest BCUT2D eigenvalue weighted by Crippen LogP contribution is 2.29. The monoisotopic (exact) mass is 376 g/mol. The molecule has 0 unspecified atom stereocenters. The molecule has 8 heteroatoms.